The number of halogens is 2. The first kappa shape index (κ1) is 11.5. The fourth-order valence-electron chi connectivity index (χ4n) is 1.30. The quantitative estimate of drug-likeness (QED) is 0.934. The van der Waals surface area contributed by atoms with Crippen LogP contribution in [0.25, 0.3) is 0 Å². The van der Waals surface area contributed by atoms with Gasteiger partial charge in [0.2, 0.25) is 0 Å². The Hall–Kier alpha value is -0.940. The predicted octanol–water partition coefficient (Wildman–Crippen LogP) is 2.59. The first-order chi connectivity index (χ1) is 7.65. The Morgan fingerprint density at radius 2 is 2.44 bits per heavy atom. The normalized spacial score (nSPS) is 19.1. The predicted molar refractivity (Wildman–Crippen MR) is 62.9 cm³/mol. The van der Waals surface area contributed by atoms with Crippen LogP contribution in [0.1, 0.15) is 0 Å². The number of rotatable bonds is 3. The zero-order chi connectivity index (χ0) is 11.5. The highest BCUT2D eigenvalue weighted by atomic mass is 79.9. The van der Waals surface area contributed by atoms with Crippen molar-refractivity contribution in [3.63, 3.8) is 0 Å². The van der Waals surface area contributed by atoms with Crippen molar-refractivity contribution in [1.29, 1.82) is 0 Å². The van der Waals surface area contributed by atoms with Crippen LogP contribution in [0.2, 0.25) is 5.02 Å². The molecule has 2 rings (SSSR count). The summed E-state index contributed by atoms with van der Waals surface area (Å²) in [5.41, 5.74) is 0. The van der Waals surface area contributed by atoms with Crippen LogP contribution in [0.5, 0.6) is 5.75 Å². The lowest BCUT2D eigenvalue weighted by Crippen LogP contribution is -2.22. The van der Waals surface area contributed by atoms with Crippen LogP contribution >= 0.6 is 27.5 Å². The number of hydrogen-bond acceptors (Lipinski definition) is 3. The number of alkyl carbamates (subject to hydrolysis) is 1. The molecule has 1 N–H and O–H groups in total. The lowest BCUT2D eigenvalue weighted by Gasteiger charge is -2.11. The van der Waals surface area contributed by atoms with Crippen molar-refractivity contribution in [2.75, 3.05) is 13.2 Å². The minimum absolute atomic E-state index is 0.262. The standard InChI is InChI=1S/C10H9BrClNO3/c11-6-1-2-8(12)9(3-6)15-5-7-4-13-10(14)16-7/h1-3,7H,4-5H2,(H,13,14). The molecule has 1 aromatic rings. The van der Waals surface area contributed by atoms with Gasteiger partial charge < -0.3 is 14.8 Å². The molecule has 16 heavy (non-hydrogen) atoms. The van der Waals surface area contributed by atoms with Crippen LogP contribution in [0.15, 0.2) is 22.7 Å². The molecule has 0 radical (unpaired) electrons. The summed E-state index contributed by atoms with van der Waals surface area (Å²) in [6, 6.07) is 5.33. The van der Waals surface area contributed by atoms with Gasteiger partial charge in [0.15, 0.2) is 6.10 Å². The molecule has 1 amide bonds. The van der Waals surface area contributed by atoms with Gasteiger partial charge in [-0.3, -0.25) is 0 Å². The monoisotopic (exact) mass is 305 g/mol. The van der Waals surface area contributed by atoms with Crippen LogP contribution in [0, 0.1) is 0 Å². The number of ether oxygens (including phenoxy) is 2. The van der Waals surface area contributed by atoms with E-state index in [-0.39, 0.29) is 12.7 Å². The Labute approximate surface area is 106 Å². The third-order valence-electron chi connectivity index (χ3n) is 2.07. The zero-order valence-electron chi connectivity index (χ0n) is 8.20. The number of amides is 1. The minimum atomic E-state index is -0.408. The fraction of sp³-hybridized carbons (Fsp3) is 0.300. The number of nitrogens with one attached hydrogen (secondary N) is 1. The van der Waals surface area contributed by atoms with Crippen molar-refractivity contribution in [3.05, 3.63) is 27.7 Å². The summed E-state index contributed by atoms with van der Waals surface area (Å²) >= 11 is 9.26. The molecule has 0 saturated carbocycles. The molecule has 1 aromatic carbocycles. The highest BCUT2D eigenvalue weighted by molar-refractivity contribution is 9.10. The zero-order valence-corrected chi connectivity index (χ0v) is 10.5. The van der Waals surface area contributed by atoms with E-state index < -0.39 is 6.09 Å². The largest absolute Gasteiger partial charge is 0.488 e. The van der Waals surface area contributed by atoms with Crippen LogP contribution < -0.4 is 10.1 Å². The van der Waals surface area contributed by atoms with Crippen LogP contribution in [-0.2, 0) is 4.74 Å². The third-order valence-corrected chi connectivity index (χ3v) is 2.87. The molecule has 4 nitrogen and oxygen atoms in total. The molecule has 86 valence electrons. The maximum absolute atomic E-state index is 10.8. The van der Waals surface area contributed by atoms with E-state index in [1.807, 2.05) is 6.07 Å². The SMILES string of the molecule is O=C1NCC(COc2cc(Br)ccc2Cl)O1. The molecule has 1 saturated heterocycles. The highest BCUT2D eigenvalue weighted by Crippen LogP contribution is 2.28. The summed E-state index contributed by atoms with van der Waals surface area (Å²) in [6.07, 6.45) is -0.670. The second kappa shape index (κ2) is 4.93. The van der Waals surface area contributed by atoms with Gasteiger partial charge in [-0.1, -0.05) is 27.5 Å². The first-order valence-corrected chi connectivity index (χ1v) is 5.84. The number of cyclic esters (lactones) is 1. The summed E-state index contributed by atoms with van der Waals surface area (Å²) < 4.78 is 11.3. The van der Waals surface area contributed by atoms with E-state index in [1.54, 1.807) is 12.1 Å². The molecule has 6 heteroatoms. The topological polar surface area (TPSA) is 47.6 Å². The van der Waals surface area contributed by atoms with Crippen molar-refractivity contribution in [1.82, 2.24) is 5.32 Å². The molecular weight excluding hydrogens is 297 g/mol. The lowest BCUT2D eigenvalue weighted by molar-refractivity contribution is 0.105. The average Bonchev–Trinajstić information content (AvgIpc) is 2.66. The van der Waals surface area contributed by atoms with E-state index in [0.717, 1.165) is 4.47 Å². The number of benzene rings is 1. The smallest absolute Gasteiger partial charge is 0.407 e. The second-order valence-electron chi connectivity index (χ2n) is 3.29. The number of carbonyl (C=O) groups is 1. The van der Waals surface area contributed by atoms with Crippen molar-refractivity contribution >= 4 is 33.6 Å². The molecular formula is C10H9BrClNO3. The second-order valence-corrected chi connectivity index (χ2v) is 4.62. The Kier molecular flexibility index (Phi) is 3.56. The first-order valence-electron chi connectivity index (χ1n) is 4.67. The highest BCUT2D eigenvalue weighted by Gasteiger charge is 2.23. The van der Waals surface area contributed by atoms with Crippen molar-refractivity contribution < 1.29 is 14.3 Å². The lowest BCUT2D eigenvalue weighted by atomic mass is 10.3. The molecule has 0 aromatic heterocycles. The van der Waals surface area contributed by atoms with Gasteiger partial charge >= 0.3 is 6.09 Å². The van der Waals surface area contributed by atoms with E-state index in [9.17, 15) is 4.79 Å². The van der Waals surface area contributed by atoms with Crippen LogP contribution in [-0.4, -0.2) is 25.3 Å². The molecule has 1 fully saturated rings. The van der Waals surface area contributed by atoms with E-state index in [0.29, 0.717) is 17.3 Å². The minimum Gasteiger partial charge on any atom is -0.488 e. The van der Waals surface area contributed by atoms with E-state index >= 15 is 0 Å². The Balaban J connectivity index is 1.94. The van der Waals surface area contributed by atoms with Gasteiger partial charge in [0, 0.05) is 4.47 Å². The maximum atomic E-state index is 10.8. The van der Waals surface area contributed by atoms with E-state index in [4.69, 9.17) is 21.1 Å². The van der Waals surface area contributed by atoms with Crippen LogP contribution in [0.3, 0.4) is 0 Å². The van der Waals surface area contributed by atoms with Crippen molar-refractivity contribution in [3.8, 4) is 5.75 Å². The fourth-order valence-corrected chi connectivity index (χ4v) is 1.81. The van der Waals surface area contributed by atoms with E-state index in [1.165, 1.54) is 0 Å². The number of carbonyl (C=O) groups excluding carboxylic acids is 1. The van der Waals surface area contributed by atoms with E-state index in [2.05, 4.69) is 21.2 Å². The van der Waals surface area contributed by atoms with Gasteiger partial charge in [0.25, 0.3) is 0 Å². The van der Waals surface area contributed by atoms with Gasteiger partial charge in [-0.05, 0) is 18.2 Å². The molecule has 0 aliphatic carbocycles. The summed E-state index contributed by atoms with van der Waals surface area (Å²) in [7, 11) is 0. The summed E-state index contributed by atoms with van der Waals surface area (Å²) in [5, 5.41) is 3.08. The molecule has 1 heterocycles. The summed E-state index contributed by atoms with van der Waals surface area (Å²) in [4.78, 5) is 10.8. The summed E-state index contributed by atoms with van der Waals surface area (Å²) in [6.45, 7) is 0.749. The Bertz CT molecular complexity index is 413. The van der Waals surface area contributed by atoms with Crippen molar-refractivity contribution in [2.45, 2.75) is 6.10 Å². The molecule has 1 unspecified atom stereocenters. The van der Waals surface area contributed by atoms with Gasteiger partial charge in [-0.15, -0.1) is 0 Å². The maximum Gasteiger partial charge on any atom is 0.407 e. The summed E-state index contributed by atoms with van der Waals surface area (Å²) in [5.74, 6) is 0.569. The van der Waals surface area contributed by atoms with Crippen LogP contribution in [0.4, 0.5) is 4.79 Å². The third kappa shape index (κ3) is 2.80. The Morgan fingerprint density at radius 3 is 3.12 bits per heavy atom. The van der Waals surface area contributed by atoms with Gasteiger partial charge in [-0.25, -0.2) is 4.79 Å². The molecule has 1 aliphatic heterocycles. The van der Waals surface area contributed by atoms with Gasteiger partial charge in [0.05, 0.1) is 11.6 Å². The molecule has 0 bridgehead atoms. The van der Waals surface area contributed by atoms with Gasteiger partial charge in [-0.2, -0.15) is 0 Å². The molecule has 0 spiro atoms. The van der Waals surface area contributed by atoms with Gasteiger partial charge in [0.1, 0.15) is 12.4 Å². The molecule has 1 atom stereocenters. The molecule has 1 aliphatic rings. The van der Waals surface area contributed by atoms with Crippen molar-refractivity contribution in [2.24, 2.45) is 0 Å². The average molecular weight is 307 g/mol. The Morgan fingerprint density at radius 1 is 1.62 bits per heavy atom. The number of hydrogen-bond donors (Lipinski definition) is 1.